The Morgan fingerprint density at radius 2 is 1.91 bits per heavy atom. The number of ether oxygens (including phenoxy) is 1. The minimum absolute atomic E-state index is 0.102. The van der Waals surface area contributed by atoms with E-state index in [0.717, 1.165) is 17.9 Å². The second kappa shape index (κ2) is 8.52. The summed E-state index contributed by atoms with van der Waals surface area (Å²) in [5, 5.41) is 2.55. The van der Waals surface area contributed by atoms with Crippen LogP contribution in [0.15, 0.2) is 24.3 Å². The molecular weight excluding hydrogens is 313 g/mol. The van der Waals surface area contributed by atoms with E-state index >= 15 is 0 Å². The monoisotopic (exact) mass is 332 g/mol. The van der Waals surface area contributed by atoms with Crippen molar-refractivity contribution in [3.63, 3.8) is 0 Å². The average molecular weight is 332 g/mol. The lowest BCUT2D eigenvalue weighted by Crippen LogP contribution is -2.35. The molecule has 0 radical (unpaired) electrons. The molecule has 0 spiro atoms. The van der Waals surface area contributed by atoms with Crippen molar-refractivity contribution in [2.45, 2.75) is 19.5 Å². The van der Waals surface area contributed by atoms with Crippen LogP contribution in [-0.4, -0.2) is 38.6 Å². The molecule has 0 atom stereocenters. The number of anilines is 1. The number of halogens is 3. The first-order valence-electron chi connectivity index (χ1n) is 6.97. The maximum absolute atomic E-state index is 13.0. The van der Waals surface area contributed by atoms with Gasteiger partial charge in [-0.2, -0.15) is 13.2 Å². The summed E-state index contributed by atoms with van der Waals surface area (Å²) in [7, 11) is 1.48. The molecule has 1 rings (SSSR count). The van der Waals surface area contributed by atoms with Crippen LogP contribution in [0.5, 0.6) is 0 Å². The summed E-state index contributed by atoms with van der Waals surface area (Å²) >= 11 is 0. The van der Waals surface area contributed by atoms with Gasteiger partial charge in [-0.05, 0) is 12.1 Å². The molecule has 1 aromatic carbocycles. The first-order valence-corrected chi connectivity index (χ1v) is 6.97. The van der Waals surface area contributed by atoms with Gasteiger partial charge in [0, 0.05) is 33.5 Å². The Kier molecular flexibility index (Phi) is 7.02. The fourth-order valence-corrected chi connectivity index (χ4v) is 1.99. The van der Waals surface area contributed by atoms with Crippen LogP contribution >= 0.6 is 0 Å². The number of nitrogens with one attached hydrogen (secondary N) is 1. The molecule has 1 aromatic rings. The van der Waals surface area contributed by atoms with Crippen LogP contribution in [0, 0.1) is 0 Å². The van der Waals surface area contributed by atoms with E-state index in [1.54, 1.807) is 0 Å². The number of carbonyl (C=O) groups excluding carboxylic acids is 2. The Morgan fingerprint density at radius 1 is 1.26 bits per heavy atom. The van der Waals surface area contributed by atoms with Gasteiger partial charge in [-0.3, -0.25) is 9.59 Å². The van der Waals surface area contributed by atoms with E-state index in [2.05, 4.69) is 5.32 Å². The highest BCUT2D eigenvalue weighted by molar-refractivity contribution is 5.93. The summed E-state index contributed by atoms with van der Waals surface area (Å²) in [6.45, 7) is 1.66. The van der Waals surface area contributed by atoms with E-state index < -0.39 is 17.6 Å². The molecule has 0 heterocycles. The van der Waals surface area contributed by atoms with Crippen LogP contribution in [0.2, 0.25) is 0 Å². The third kappa shape index (κ3) is 5.90. The fourth-order valence-electron chi connectivity index (χ4n) is 1.99. The number of nitrogens with zero attached hydrogens (tertiary/aromatic N) is 1. The highest BCUT2D eigenvalue weighted by Gasteiger charge is 2.35. The number of methoxy groups -OCH3 is 1. The summed E-state index contributed by atoms with van der Waals surface area (Å²) in [6.07, 6.45) is -4.68. The van der Waals surface area contributed by atoms with Gasteiger partial charge in [-0.1, -0.05) is 12.1 Å². The van der Waals surface area contributed by atoms with E-state index in [4.69, 9.17) is 4.74 Å². The molecule has 0 saturated carbocycles. The molecule has 0 aromatic heterocycles. The SMILES string of the molecule is COCCNC(=O)CCN(C(C)=O)c1ccccc1C(F)(F)F. The number of alkyl halides is 3. The minimum Gasteiger partial charge on any atom is -0.383 e. The second-order valence-electron chi connectivity index (χ2n) is 4.78. The number of hydrogen-bond donors (Lipinski definition) is 1. The number of benzene rings is 1. The van der Waals surface area contributed by atoms with Gasteiger partial charge < -0.3 is 15.0 Å². The molecule has 128 valence electrons. The van der Waals surface area contributed by atoms with Crippen LogP contribution in [0.25, 0.3) is 0 Å². The van der Waals surface area contributed by atoms with E-state index in [9.17, 15) is 22.8 Å². The number of para-hydroxylation sites is 1. The summed E-state index contributed by atoms with van der Waals surface area (Å²) in [4.78, 5) is 24.3. The van der Waals surface area contributed by atoms with Gasteiger partial charge in [0.15, 0.2) is 0 Å². The quantitative estimate of drug-likeness (QED) is 0.779. The van der Waals surface area contributed by atoms with Crippen molar-refractivity contribution in [3.8, 4) is 0 Å². The van der Waals surface area contributed by atoms with Gasteiger partial charge in [-0.25, -0.2) is 0 Å². The Bertz CT molecular complexity index is 547. The molecule has 0 aliphatic heterocycles. The third-order valence-electron chi connectivity index (χ3n) is 3.07. The average Bonchev–Trinajstić information content (AvgIpc) is 2.47. The maximum Gasteiger partial charge on any atom is 0.418 e. The lowest BCUT2D eigenvalue weighted by Gasteiger charge is -2.24. The molecule has 0 unspecified atom stereocenters. The molecule has 0 fully saturated rings. The standard InChI is InChI=1S/C15H19F3N2O3/c1-11(21)20(9-7-14(22)19-8-10-23-2)13-6-4-3-5-12(13)15(16,17)18/h3-6H,7-10H2,1-2H3,(H,19,22). The van der Waals surface area contributed by atoms with Gasteiger partial charge >= 0.3 is 6.18 Å². The summed E-state index contributed by atoms with van der Waals surface area (Å²) < 4.78 is 43.9. The van der Waals surface area contributed by atoms with Crippen molar-refractivity contribution in [2.24, 2.45) is 0 Å². The van der Waals surface area contributed by atoms with E-state index in [1.165, 1.54) is 25.3 Å². The van der Waals surface area contributed by atoms with E-state index in [0.29, 0.717) is 13.2 Å². The number of hydrogen-bond acceptors (Lipinski definition) is 3. The van der Waals surface area contributed by atoms with Crippen molar-refractivity contribution < 1.29 is 27.5 Å². The van der Waals surface area contributed by atoms with E-state index in [1.807, 2.05) is 0 Å². The number of amides is 2. The van der Waals surface area contributed by atoms with Gasteiger partial charge in [0.25, 0.3) is 0 Å². The van der Waals surface area contributed by atoms with Gasteiger partial charge in [0.05, 0.1) is 17.9 Å². The molecule has 5 nitrogen and oxygen atoms in total. The number of rotatable bonds is 7. The zero-order valence-electron chi connectivity index (χ0n) is 12.9. The van der Waals surface area contributed by atoms with Crippen LogP contribution < -0.4 is 10.2 Å². The zero-order valence-corrected chi connectivity index (χ0v) is 12.9. The van der Waals surface area contributed by atoms with Crippen molar-refractivity contribution >= 4 is 17.5 Å². The zero-order chi connectivity index (χ0) is 17.5. The Labute approximate surface area is 132 Å². The largest absolute Gasteiger partial charge is 0.418 e. The second-order valence-corrected chi connectivity index (χ2v) is 4.78. The Hall–Kier alpha value is -2.09. The van der Waals surface area contributed by atoms with Crippen LogP contribution in [0.3, 0.4) is 0 Å². The first kappa shape index (κ1) is 19.0. The normalized spacial score (nSPS) is 11.2. The van der Waals surface area contributed by atoms with Crippen LogP contribution in [0.4, 0.5) is 18.9 Å². The molecule has 1 N–H and O–H groups in total. The van der Waals surface area contributed by atoms with Crippen molar-refractivity contribution in [3.05, 3.63) is 29.8 Å². The molecule has 8 heteroatoms. The van der Waals surface area contributed by atoms with Crippen molar-refractivity contribution in [2.75, 3.05) is 31.7 Å². The Balaban J connectivity index is 2.85. The number of carbonyl (C=O) groups is 2. The van der Waals surface area contributed by atoms with Gasteiger partial charge in [0.1, 0.15) is 0 Å². The molecule has 0 aliphatic rings. The molecule has 2 amide bonds. The van der Waals surface area contributed by atoms with Crippen molar-refractivity contribution in [1.29, 1.82) is 0 Å². The highest BCUT2D eigenvalue weighted by atomic mass is 19.4. The molecule has 23 heavy (non-hydrogen) atoms. The lowest BCUT2D eigenvalue weighted by molar-refractivity contribution is -0.137. The smallest absolute Gasteiger partial charge is 0.383 e. The minimum atomic E-state index is -4.58. The first-order chi connectivity index (χ1) is 10.8. The maximum atomic E-state index is 13.0. The molecule has 0 saturated heterocycles. The highest BCUT2D eigenvalue weighted by Crippen LogP contribution is 2.36. The van der Waals surface area contributed by atoms with Crippen LogP contribution in [-0.2, 0) is 20.5 Å². The van der Waals surface area contributed by atoms with Gasteiger partial charge in [0.2, 0.25) is 11.8 Å². The van der Waals surface area contributed by atoms with Crippen LogP contribution in [0.1, 0.15) is 18.9 Å². The Morgan fingerprint density at radius 3 is 2.48 bits per heavy atom. The lowest BCUT2D eigenvalue weighted by atomic mass is 10.1. The summed E-state index contributed by atoms with van der Waals surface area (Å²) in [5.41, 5.74) is -1.16. The fraction of sp³-hybridized carbons (Fsp3) is 0.467. The summed E-state index contributed by atoms with van der Waals surface area (Å²) in [5.74, 6) is -0.927. The molecule has 0 bridgehead atoms. The predicted octanol–water partition coefficient (Wildman–Crippen LogP) is 2.21. The third-order valence-corrected chi connectivity index (χ3v) is 3.07. The molecule has 0 aliphatic carbocycles. The van der Waals surface area contributed by atoms with Crippen molar-refractivity contribution in [1.82, 2.24) is 5.32 Å². The predicted molar refractivity (Wildman–Crippen MR) is 79.0 cm³/mol. The van der Waals surface area contributed by atoms with Gasteiger partial charge in [-0.15, -0.1) is 0 Å². The molecular formula is C15H19F3N2O3. The summed E-state index contributed by atoms with van der Waals surface area (Å²) in [6, 6.07) is 4.79. The topological polar surface area (TPSA) is 58.6 Å². The van der Waals surface area contributed by atoms with E-state index in [-0.39, 0.29) is 24.6 Å².